The van der Waals surface area contributed by atoms with Gasteiger partial charge in [0.25, 0.3) is 0 Å². The fraction of sp³-hybridized carbons (Fsp3) is 0.538. The highest BCUT2D eigenvalue weighted by Gasteiger charge is 2.18. The molecule has 1 aromatic carbocycles. The minimum Gasteiger partial charge on any atom is -0.392 e. The molecule has 16 heavy (non-hydrogen) atoms. The zero-order chi connectivity index (χ0) is 12.0. The first-order chi connectivity index (χ1) is 7.69. The minimum atomic E-state index is -0.355. The number of benzene rings is 1. The van der Waals surface area contributed by atoms with Crippen molar-refractivity contribution in [3.63, 3.8) is 0 Å². The van der Waals surface area contributed by atoms with Crippen LogP contribution in [0.3, 0.4) is 0 Å². The Morgan fingerprint density at radius 2 is 1.94 bits per heavy atom. The van der Waals surface area contributed by atoms with Crippen LogP contribution in [0, 0.1) is 0 Å². The van der Waals surface area contributed by atoms with E-state index >= 15 is 0 Å². The first-order valence-corrected chi connectivity index (χ1v) is 6.20. The summed E-state index contributed by atoms with van der Waals surface area (Å²) < 4.78 is 0. The highest BCUT2D eigenvalue weighted by molar-refractivity contribution is 6.30. The molecule has 3 N–H and O–H groups in total. The van der Waals surface area contributed by atoms with Crippen LogP contribution in [0.1, 0.15) is 37.7 Å². The molecule has 0 heterocycles. The Hall–Kier alpha value is -0.570. The summed E-state index contributed by atoms with van der Waals surface area (Å²) in [5, 5.41) is 10.8. The highest BCUT2D eigenvalue weighted by atomic mass is 35.5. The van der Waals surface area contributed by atoms with Crippen LogP contribution in [0.2, 0.25) is 5.02 Å². The van der Waals surface area contributed by atoms with Crippen molar-refractivity contribution in [2.45, 2.75) is 38.2 Å². The van der Waals surface area contributed by atoms with E-state index in [4.69, 9.17) is 17.3 Å². The van der Waals surface area contributed by atoms with Gasteiger partial charge < -0.3 is 10.8 Å². The summed E-state index contributed by atoms with van der Waals surface area (Å²) in [6, 6.07) is 7.56. The second kappa shape index (κ2) is 6.89. The van der Waals surface area contributed by atoms with Crippen molar-refractivity contribution in [3.05, 3.63) is 34.9 Å². The van der Waals surface area contributed by atoms with Gasteiger partial charge in [0.2, 0.25) is 0 Å². The first kappa shape index (κ1) is 13.5. The smallest absolute Gasteiger partial charge is 0.0620 e. The van der Waals surface area contributed by atoms with Gasteiger partial charge in [0.15, 0.2) is 0 Å². The highest BCUT2D eigenvalue weighted by Crippen LogP contribution is 2.23. The summed E-state index contributed by atoms with van der Waals surface area (Å²) in [6.45, 7) is 2.58. The van der Waals surface area contributed by atoms with Crippen molar-refractivity contribution >= 4 is 11.6 Å². The summed E-state index contributed by atoms with van der Waals surface area (Å²) in [5.74, 6) is 0.0174. The molecular weight excluding hydrogens is 222 g/mol. The van der Waals surface area contributed by atoms with Gasteiger partial charge in [-0.2, -0.15) is 0 Å². The molecule has 0 aliphatic heterocycles. The lowest BCUT2D eigenvalue weighted by Crippen LogP contribution is -2.25. The molecule has 0 spiro atoms. The van der Waals surface area contributed by atoms with E-state index in [2.05, 4.69) is 6.92 Å². The fourth-order valence-corrected chi connectivity index (χ4v) is 1.97. The zero-order valence-electron chi connectivity index (χ0n) is 9.70. The van der Waals surface area contributed by atoms with Crippen molar-refractivity contribution in [3.8, 4) is 0 Å². The van der Waals surface area contributed by atoms with Crippen LogP contribution in [0.15, 0.2) is 24.3 Å². The van der Waals surface area contributed by atoms with Gasteiger partial charge in [-0.25, -0.2) is 0 Å². The third-order valence-electron chi connectivity index (χ3n) is 2.87. The number of halogens is 1. The molecule has 0 saturated heterocycles. The number of unbranched alkanes of at least 4 members (excludes halogenated alkanes) is 1. The lowest BCUT2D eigenvalue weighted by atomic mass is 9.90. The fourth-order valence-electron chi connectivity index (χ4n) is 1.84. The maximum absolute atomic E-state index is 10.0. The summed E-state index contributed by atoms with van der Waals surface area (Å²) in [5.41, 5.74) is 6.79. The SMILES string of the molecule is CCCCC(O)C(CN)c1ccc(Cl)cc1. The number of hydrogen-bond acceptors (Lipinski definition) is 2. The Morgan fingerprint density at radius 3 is 2.44 bits per heavy atom. The number of hydrogen-bond donors (Lipinski definition) is 2. The predicted octanol–water partition coefficient (Wildman–Crippen LogP) is 2.93. The molecule has 2 atom stereocenters. The molecule has 3 heteroatoms. The van der Waals surface area contributed by atoms with Gasteiger partial charge in [-0.15, -0.1) is 0 Å². The van der Waals surface area contributed by atoms with Crippen LogP contribution >= 0.6 is 11.6 Å². The number of aliphatic hydroxyl groups is 1. The van der Waals surface area contributed by atoms with E-state index in [1.54, 1.807) is 0 Å². The normalized spacial score (nSPS) is 14.8. The van der Waals surface area contributed by atoms with Crippen molar-refractivity contribution < 1.29 is 5.11 Å². The number of rotatable bonds is 6. The van der Waals surface area contributed by atoms with E-state index in [1.165, 1.54) is 0 Å². The number of nitrogens with two attached hydrogens (primary N) is 1. The van der Waals surface area contributed by atoms with Crippen LogP contribution in [-0.4, -0.2) is 17.8 Å². The standard InChI is InChI=1S/C13H20ClNO/c1-2-3-4-13(16)12(9-15)10-5-7-11(14)8-6-10/h5-8,12-13,16H,2-4,9,15H2,1H3. The molecule has 90 valence electrons. The summed E-state index contributed by atoms with van der Waals surface area (Å²) in [6.07, 6.45) is 2.58. The molecule has 0 amide bonds. The maximum Gasteiger partial charge on any atom is 0.0620 e. The van der Waals surface area contributed by atoms with E-state index in [9.17, 15) is 5.11 Å². The molecular formula is C13H20ClNO. The van der Waals surface area contributed by atoms with Crippen LogP contribution < -0.4 is 5.73 Å². The molecule has 0 aromatic heterocycles. The summed E-state index contributed by atoms with van der Waals surface area (Å²) in [4.78, 5) is 0. The Labute approximate surface area is 102 Å². The van der Waals surface area contributed by atoms with E-state index in [0.717, 1.165) is 24.8 Å². The minimum absolute atomic E-state index is 0.0174. The molecule has 0 bridgehead atoms. The van der Waals surface area contributed by atoms with Crippen molar-refractivity contribution in [2.24, 2.45) is 5.73 Å². The van der Waals surface area contributed by atoms with Crippen LogP contribution in [-0.2, 0) is 0 Å². The topological polar surface area (TPSA) is 46.2 Å². The molecule has 2 nitrogen and oxygen atoms in total. The van der Waals surface area contributed by atoms with E-state index in [1.807, 2.05) is 24.3 Å². The average Bonchev–Trinajstić information content (AvgIpc) is 2.30. The molecule has 0 saturated carbocycles. The molecule has 1 rings (SSSR count). The average molecular weight is 242 g/mol. The quantitative estimate of drug-likeness (QED) is 0.805. The molecule has 0 aliphatic rings. The Kier molecular flexibility index (Phi) is 5.81. The van der Waals surface area contributed by atoms with E-state index in [-0.39, 0.29) is 12.0 Å². The molecule has 2 unspecified atom stereocenters. The Morgan fingerprint density at radius 1 is 1.31 bits per heavy atom. The van der Waals surface area contributed by atoms with E-state index in [0.29, 0.717) is 11.6 Å². The van der Waals surface area contributed by atoms with Gasteiger partial charge in [-0.3, -0.25) is 0 Å². The molecule has 1 aromatic rings. The second-order valence-electron chi connectivity index (χ2n) is 4.10. The van der Waals surface area contributed by atoms with Crippen LogP contribution in [0.25, 0.3) is 0 Å². The zero-order valence-corrected chi connectivity index (χ0v) is 10.5. The molecule has 0 aliphatic carbocycles. The second-order valence-corrected chi connectivity index (χ2v) is 4.54. The van der Waals surface area contributed by atoms with Crippen LogP contribution in [0.4, 0.5) is 0 Å². The maximum atomic E-state index is 10.0. The molecule has 0 fully saturated rings. The van der Waals surface area contributed by atoms with E-state index < -0.39 is 0 Å². The van der Waals surface area contributed by atoms with Crippen molar-refractivity contribution in [2.75, 3.05) is 6.54 Å². The first-order valence-electron chi connectivity index (χ1n) is 5.82. The Balaban J connectivity index is 2.69. The van der Waals surface area contributed by atoms with Crippen LogP contribution in [0.5, 0.6) is 0 Å². The summed E-state index contributed by atoms with van der Waals surface area (Å²) >= 11 is 5.83. The van der Waals surface area contributed by atoms with Gasteiger partial charge in [-0.05, 0) is 24.1 Å². The Bertz CT molecular complexity index is 299. The summed E-state index contributed by atoms with van der Waals surface area (Å²) in [7, 11) is 0. The third kappa shape index (κ3) is 3.78. The van der Waals surface area contributed by atoms with Gasteiger partial charge in [0.05, 0.1) is 6.10 Å². The largest absolute Gasteiger partial charge is 0.392 e. The number of aliphatic hydroxyl groups excluding tert-OH is 1. The monoisotopic (exact) mass is 241 g/mol. The van der Waals surface area contributed by atoms with Crippen molar-refractivity contribution in [1.29, 1.82) is 0 Å². The van der Waals surface area contributed by atoms with Gasteiger partial charge in [0, 0.05) is 17.5 Å². The molecule has 0 radical (unpaired) electrons. The lowest BCUT2D eigenvalue weighted by Gasteiger charge is -2.21. The van der Waals surface area contributed by atoms with Gasteiger partial charge in [0.1, 0.15) is 0 Å². The van der Waals surface area contributed by atoms with Crippen molar-refractivity contribution in [1.82, 2.24) is 0 Å². The lowest BCUT2D eigenvalue weighted by molar-refractivity contribution is 0.133. The van der Waals surface area contributed by atoms with Gasteiger partial charge in [-0.1, -0.05) is 43.5 Å². The van der Waals surface area contributed by atoms with Gasteiger partial charge >= 0.3 is 0 Å². The third-order valence-corrected chi connectivity index (χ3v) is 3.12. The predicted molar refractivity (Wildman–Crippen MR) is 68.8 cm³/mol.